The van der Waals surface area contributed by atoms with E-state index in [1.165, 1.54) is 0 Å². The first-order chi connectivity index (χ1) is 12.3. The summed E-state index contributed by atoms with van der Waals surface area (Å²) in [7, 11) is 1.66. The van der Waals surface area contributed by atoms with Crippen LogP contribution in [0, 0.1) is 0 Å². The molecule has 0 atom stereocenters. The van der Waals surface area contributed by atoms with Gasteiger partial charge >= 0.3 is 0 Å². The predicted octanol–water partition coefficient (Wildman–Crippen LogP) is 3.72. The van der Waals surface area contributed by atoms with E-state index in [0.29, 0.717) is 13.0 Å². The topological polar surface area (TPSA) is 51.2 Å². The van der Waals surface area contributed by atoms with Crippen molar-refractivity contribution >= 4 is 17.2 Å². The molecule has 3 aromatic rings. The summed E-state index contributed by atoms with van der Waals surface area (Å²) in [6, 6.07) is 17.9. The zero-order valence-electron chi connectivity index (χ0n) is 14.1. The van der Waals surface area contributed by atoms with E-state index in [1.54, 1.807) is 18.4 Å². The van der Waals surface area contributed by atoms with Gasteiger partial charge in [0, 0.05) is 17.5 Å². The highest BCUT2D eigenvalue weighted by Crippen LogP contribution is 2.23. The van der Waals surface area contributed by atoms with Crippen LogP contribution in [0.15, 0.2) is 60.0 Å². The lowest BCUT2D eigenvalue weighted by molar-refractivity contribution is -0.120. The Kier molecular flexibility index (Phi) is 5.80. The van der Waals surface area contributed by atoms with E-state index in [2.05, 4.69) is 10.3 Å². The molecule has 0 spiro atoms. The number of nitrogens with zero attached hydrogens (tertiary/aromatic N) is 1. The first-order valence-corrected chi connectivity index (χ1v) is 9.02. The standard InChI is InChI=1S/C20H20N2O2S/c1-24-18-10-6-5-7-15(18)11-12-21-19(23)13-17-14-25-20(22-17)16-8-3-2-4-9-16/h2-10,14H,11-13H2,1H3,(H,21,23). The van der Waals surface area contributed by atoms with Crippen molar-refractivity contribution in [3.63, 3.8) is 0 Å². The number of rotatable bonds is 7. The van der Waals surface area contributed by atoms with Gasteiger partial charge < -0.3 is 10.1 Å². The Hall–Kier alpha value is -2.66. The maximum absolute atomic E-state index is 12.1. The average Bonchev–Trinajstić information content (AvgIpc) is 3.11. The van der Waals surface area contributed by atoms with E-state index < -0.39 is 0 Å². The predicted molar refractivity (Wildman–Crippen MR) is 101 cm³/mol. The minimum Gasteiger partial charge on any atom is -0.496 e. The van der Waals surface area contributed by atoms with Gasteiger partial charge in [-0.3, -0.25) is 4.79 Å². The van der Waals surface area contributed by atoms with Gasteiger partial charge in [-0.25, -0.2) is 4.98 Å². The molecule has 0 saturated heterocycles. The van der Waals surface area contributed by atoms with Gasteiger partial charge in [0.1, 0.15) is 10.8 Å². The van der Waals surface area contributed by atoms with Gasteiger partial charge in [0.25, 0.3) is 0 Å². The highest BCUT2D eigenvalue weighted by molar-refractivity contribution is 7.13. The third-order valence-corrected chi connectivity index (χ3v) is 4.76. The molecule has 1 heterocycles. The van der Waals surface area contributed by atoms with Gasteiger partial charge in [-0.15, -0.1) is 11.3 Å². The van der Waals surface area contributed by atoms with Crippen LogP contribution in [0.3, 0.4) is 0 Å². The van der Waals surface area contributed by atoms with Gasteiger partial charge in [-0.1, -0.05) is 48.5 Å². The van der Waals surface area contributed by atoms with Crippen LogP contribution in [-0.2, 0) is 17.6 Å². The molecule has 1 N–H and O–H groups in total. The summed E-state index contributed by atoms with van der Waals surface area (Å²) in [4.78, 5) is 16.7. The van der Waals surface area contributed by atoms with E-state index in [0.717, 1.165) is 34.0 Å². The number of aromatic nitrogens is 1. The Bertz CT molecular complexity index is 830. The van der Waals surface area contributed by atoms with E-state index in [1.807, 2.05) is 60.0 Å². The minimum absolute atomic E-state index is 0.0141. The SMILES string of the molecule is COc1ccccc1CCNC(=O)Cc1csc(-c2ccccc2)n1. The van der Waals surface area contributed by atoms with Crippen LogP contribution >= 0.6 is 11.3 Å². The number of carbonyl (C=O) groups is 1. The molecule has 1 amide bonds. The second kappa shape index (κ2) is 8.44. The Morgan fingerprint density at radius 3 is 2.68 bits per heavy atom. The highest BCUT2D eigenvalue weighted by atomic mass is 32.1. The Labute approximate surface area is 151 Å². The summed E-state index contributed by atoms with van der Waals surface area (Å²) in [6.45, 7) is 0.578. The highest BCUT2D eigenvalue weighted by Gasteiger charge is 2.09. The van der Waals surface area contributed by atoms with Crippen molar-refractivity contribution in [1.82, 2.24) is 10.3 Å². The molecule has 4 nitrogen and oxygen atoms in total. The van der Waals surface area contributed by atoms with Gasteiger partial charge in [-0.05, 0) is 18.1 Å². The fourth-order valence-corrected chi connectivity index (χ4v) is 3.40. The van der Waals surface area contributed by atoms with E-state index >= 15 is 0 Å². The molecule has 0 aliphatic rings. The molecule has 0 aliphatic heterocycles. The maximum Gasteiger partial charge on any atom is 0.226 e. The molecule has 0 unspecified atom stereocenters. The first-order valence-electron chi connectivity index (χ1n) is 8.14. The second-order valence-corrected chi connectivity index (χ2v) is 6.46. The van der Waals surface area contributed by atoms with Gasteiger partial charge in [0.2, 0.25) is 5.91 Å². The Morgan fingerprint density at radius 1 is 1.12 bits per heavy atom. The normalized spacial score (nSPS) is 10.4. The number of carbonyl (C=O) groups excluding carboxylic acids is 1. The van der Waals surface area contributed by atoms with Crippen LogP contribution in [0.2, 0.25) is 0 Å². The number of ether oxygens (including phenoxy) is 1. The summed E-state index contributed by atoms with van der Waals surface area (Å²) >= 11 is 1.56. The summed E-state index contributed by atoms with van der Waals surface area (Å²) in [5, 5.41) is 5.84. The summed E-state index contributed by atoms with van der Waals surface area (Å²) in [6.07, 6.45) is 1.04. The first kappa shape index (κ1) is 17.2. The third-order valence-electron chi connectivity index (χ3n) is 3.82. The van der Waals surface area contributed by atoms with Crippen LogP contribution in [0.5, 0.6) is 5.75 Å². The van der Waals surface area contributed by atoms with Crippen molar-refractivity contribution in [2.24, 2.45) is 0 Å². The smallest absolute Gasteiger partial charge is 0.226 e. The van der Waals surface area contributed by atoms with Crippen LogP contribution in [-0.4, -0.2) is 24.5 Å². The van der Waals surface area contributed by atoms with Crippen molar-refractivity contribution in [2.45, 2.75) is 12.8 Å². The van der Waals surface area contributed by atoms with Gasteiger partial charge in [-0.2, -0.15) is 0 Å². The number of hydrogen-bond donors (Lipinski definition) is 1. The number of amides is 1. The lowest BCUT2D eigenvalue weighted by Crippen LogP contribution is -2.27. The lowest BCUT2D eigenvalue weighted by atomic mass is 10.1. The van der Waals surface area contributed by atoms with Crippen molar-refractivity contribution in [1.29, 1.82) is 0 Å². The average molecular weight is 352 g/mol. The second-order valence-electron chi connectivity index (χ2n) is 5.60. The summed E-state index contributed by atoms with van der Waals surface area (Å²) in [5.41, 5.74) is 2.97. The third kappa shape index (κ3) is 4.67. The maximum atomic E-state index is 12.1. The molecular weight excluding hydrogens is 332 g/mol. The number of nitrogens with one attached hydrogen (secondary N) is 1. The molecular formula is C20H20N2O2S. The van der Waals surface area contributed by atoms with Crippen LogP contribution in [0.1, 0.15) is 11.3 Å². The van der Waals surface area contributed by atoms with Crippen molar-refractivity contribution in [3.05, 3.63) is 71.2 Å². The van der Waals surface area contributed by atoms with Crippen LogP contribution in [0.25, 0.3) is 10.6 Å². The number of methoxy groups -OCH3 is 1. The summed E-state index contributed by atoms with van der Waals surface area (Å²) in [5.74, 6) is 0.837. The molecule has 0 saturated carbocycles. The van der Waals surface area contributed by atoms with Crippen molar-refractivity contribution < 1.29 is 9.53 Å². The fourth-order valence-electron chi connectivity index (χ4n) is 2.57. The molecule has 0 radical (unpaired) electrons. The van der Waals surface area contributed by atoms with E-state index in [-0.39, 0.29) is 5.91 Å². The number of para-hydroxylation sites is 1. The molecule has 25 heavy (non-hydrogen) atoms. The molecule has 0 aliphatic carbocycles. The Morgan fingerprint density at radius 2 is 1.88 bits per heavy atom. The fraction of sp³-hybridized carbons (Fsp3) is 0.200. The number of thiazole rings is 1. The zero-order valence-corrected chi connectivity index (χ0v) is 14.9. The lowest BCUT2D eigenvalue weighted by Gasteiger charge is -2.08. The molecule has 0 bridgehead atoms. The molecule has 5 heteroatoms. The van der Waals surface area contributed by atoms with E-state index in [4.69, 9.17) is 4.74 Å². The summed E-state index contributed by atoms with van der Waals surface area (Å²) < 4.78 is 5.32. The Balaban J connectivity index is 1.51. The zero-order chi connectivity index (χ0) is 17.5. The monoisotopic (exact) mass is 352 g/mol. The van der Waals surface area contributed by atoms with Crippen molar-refractivity contribution in [3.8, 4) is 16.3 Å². The molecule has 128 valence electrons. The van der Waals surface area contributed by atoms with Crippen LogP contribution in [0.4, 0.5) is 0 Å². The number of hydrogen-bond acceptors (Lipinski definition) is 4. The van der Waals surface area contributed by atoms with E-state index in [9.17, 15) is 4.79 Å². The van der Waals surface area contributed by atoms with Crippen LogP contribution < -0.4 is 10.1 Å². The quantitative estimate of drug-likeness (QED) is 0.705. The molecule has 3 rings (SSSR count). The molecule has 2 aromatic carbocycles. The molecule has 0 fully saturated rings. The van der Waals surface area contributed by atoms with Crippen molar-refractivity contribution in [2.75, 3.05) is 13.7 Å². The largest absolute Gasteiger partial charge is 0.496 e. The molecule has 1 aromatic heterocycles. The minimum atomic E-state index is -0.0141. The van der Waals surface area contributed by atoms with Gasteiger partial charge in [0.05, 0.1) is 19.2 Å². The number of benzene rings is 2. The van der Waals surface area contributed by atoms with Gasteiger partial charge in [0.15, 0.2) is 0 Å².